The molecule has 0 radical (unpaired) electrons. The van der Waals surface area contributed by atoms with Gasteiger partial charge in [-0.2, -0.15) is 0 Å². The number of benzene rings is 1. The molecular formula is C13H15ClFNO2. The molecule has 0 aliphatic carbocycles. The van der Waals surface area contributed by atoms with Crippen LogP contribution in [0.4, 0.5) is 4.39 Å². The van der Waals surface area contributed by atoms with E-state index in [4.69, 9.17) is 16.3 Å². The zero-order valence-electron chi connectivity index (χ0n) is 10.3. The highest BCUT2D eigenvalue weighted by molar-refractivity contribution is 6.27. The van der Waals surface area contributed by atoms with Crippen LogP contribution in [0, 0.1) is 5.82 Å². The van der Waals surface area contributed by atoms with Crippen LogP contribution in [0.15, 0.2) is 18.2 Å². The molecular weight excluding hydrogens is 257 g/mol. The molecule has 0 saturated carbocycles. The average Bonchev–Trinajstić information content (AvgIpc) is 2.29. The average molecular weight is 272 g/mol. The molecule has 0 fully saturated rings. The normalized spacial score (nSPS) is 20.8. The number of carbonyl (C=O) groups is 1. The van der Waals surface area contributed by atoms with Crippen LogP contribution in [0.25, 0.3) is 0 Å². The SMILES string of the molecule is CC1(C)C[C@H](NC(=O)CCl)c2cc(F)ccc2O1. The van der Waals surface area contributed by atoms with Gasteiger partial charge in [0.2, 0.25) is 5.91 Å². The maximum absolute atomic E-state index is 13.3. The van der Waals surface area contributed by atoms with Gasteiger partial charge in [0.05, 0.1) is 6.04 Å². The van der Waals surface area contributed by atoms with Crippen LogP contribution in [0.3, 0.4) is 0 Å². The van der Waals surface area contributed by atoms with Gasteiger partial charge >= 0.3 is 0 Å². The summed E-state index contributed by atoms with van der Waals surface area (Å²) in [6.07, 6.45) is 0.575. The minimum absolute atomic E-state index is 0.109. The molecule has 0 bridgehead atoms. The molecule has 0 unspecified atom stereocenters. The van der Waals surface area contributed by atoms with Crippen LogP contribution < -0.4 is 10.1 Å². The monoisotopic (exact) mass is 271 g/mol. The predicted octanol–water partition coefficient (Wildman–Crippen LogP) is 2.78. The summed E-state index contributed by atoms with van der Waals surface area (Å²) in [6, 6.07) is 4.06. The molecule has 3 nitrogen and oxygen atoms in total. The van der Waals surface area contributed by atoms with Crippen molar-refractivity contribution in [3.8, 4) is 5.75 Å². The molecule has 1 aliphatic rings. The number of fused-ring (bicyclic) bond motifs is 1. The van der Waals surface area contributed by atoms with Crippen LogP contribution in [-0.2, 0) is 4.79 Å². The predicted molar refractivity (Wildman–Crippen MR) is 67.3 cm³/mol. The molecule has 0 aromatic heterocycles. The van der Waals surface area contributed by atoms with E-state index in [0.717, 1.165) is 0 Å². The Labute approximate surface area is 110 Å². The largest absolute Gasteiger partial charge is 0.487 e. The first-order chi connectivity index (χ1) is 8.41. The Morgan fingerprint density at radius 1 is 1.61 bits per heavy atom. The van der Waals surface area contributed by atoms with Crippen LogP contribution >= 0.6 is 11.6 Å². The van der Waals surface area contributed by atoms with Crippen molar-refractivity contribution >= 4 is 17.5 Å². The fourth-order valence-electron chi connectivity index (χ4n) is 2.19. The second-order valence-corrected chi connectivity index (χ2v) is 5.27. The maximum atomic E-state index is 13.3. The highest BCUT2D eigenvalue weighted by Gasteiger charge is 2.34. The number of hydrogen-bond acceptors (Lipinski definition) is 2. The molecule has 1 heterocycles. The first-order valence-electron chi connectivity index (χ1n) is 5.75. The highest BCUT2D eigenvalue weighted by Crippen LogP contribution is 2.39. The lowest BCUT2D eigenvalue weighted by atomic mass is 9.89. The Kier molecular flexibility index (Phi) is 3.48. The van der Waals surface area contributed by atoms with E-state index < -0.39 is 5.60 Å². The van der Waals surface area contributed by atoms with Gasteiger partial charge in [-0.1, -0.05) is 0 Å². The quantitative estimate of drug-likeness (QED) is 0.840. The summed E-state index contributed by atoms with van der Waals surface area (Å²) in [4.78, 5) is 11.4. The Balaban J connectivity index is 2.35. The van der Waals surface area contributed by atoms with Crippen molar-refractivity contribution in [3.63, 3.8) is 0 Å². The maximum Gasteiger partial charge on any atom is 0.235 e. The summed E-state index contributed by atoms with van der Waals surface area (Å²) in [5.74, 6) is -0.119. The summed E-state index contributed by atoms with van der Waals surface area (Å²) < 4.78 is 19.1. The Bertz CT molecular complexity index is 476. The molecule has 0 spiro atoms. The highest BCUT2D eigenvalue weighted by atomic mass is 35.5. The van der Waals surface area contributed by atoms with E-state index in [2.05, 4.69) is 5.32 Å². The van der Waals surface area contributed by atoms with E-state index in [-0.39, 0.29) is 23.6 Å². The molecule has 1 aromatic rings. The lowest BCUT2D eigenvalue weighted by molar-refractivity contribution is -0.119. The van der Waals surface area contributed by atoms with Gasteiger partial charge in [-0.15, -0.1) is 11.6 Å². The number of hydrogen-bond donors (Lipinski definition) is 1. The minimum Gasteiger partial charge on any atom is -0.487 e. The van der Waals surface area contributed by atoms with Gasteiger partial charge in [-0.25, -0.2) is 4.39 Å². The fraction of sp³-hybridized carbons (Fsp3) is 0.462. The van der Waals surface area contributed by atoms with Crippen molar-refractivity contribution in [2.24, 2.45) is 0 Å². The zero-order chi connectivity index (χ0) is 13.3. The first-order valence-corrected chi connectivity index (χ1v) is 6.28. The standard InChI is InChI=1S/C13H15ClFNO2/c1-13(2)6-10(16-12(17)7-14)9-5-8(15)3-4-11(9)18-13/h3-5,10H,6-7H2,1-2H3,(H,16,17)/t10-/m0/s1. The van der Waals surface area contributed by atoms with Crippen LogP contribution in [0.5, 0.6) is 5.75 Å². The lowest BCUT2D eigenvalue weighted by Gasteiger charge is -2.37. The molecule has 1 aliphatic heterocycles. The molecule has 1 N–H and O–H groups in total. The number of rotatable bonds is 2. The van der Waals surface area contributed by atoms with Gasteiger partial charge in [0, 0.05) is 12.0 Å². The van der Waals surface area contributed by atoms with Gasteiger partial charge in [-0.05, 0) is 32.0 Å². The lowest BCUT2D eigenvalue weighted by Crippen LogP contribution is -2.41. The second-order valence-electron chi connectivity index (χ2n) is 5.00. The van der Waals surface area contributed by atoms with Gasteiger partial charge in [-0.3, -0.25) is 4.79 Å². The Morgan fingerprint density at radius 2 is 2.33 bits per heavy atom. The van der Waals surface area contributed by atoms with Crippen LogP contribution in [-0.4, -0.2) is 17.4 Å². The van der Waals surface area contributed by atoms with Crippen molar-refractivity contribution in [1.29, 1.82) is 0 Å². The molecule has 1 aromatic carbocycles. The van der Waals surface area contributed by atoms with E-state index in [1.807, 2.05) is 13.8 Å². The van der Waals surface area contributed by atoms with Gasteiger partial charge < -0.3 is 10.1 Å². The molecule has 2 rings (SSSR count). The van der Waals surface area contributed by atoms with Crippen LogP contribution in [0.2, 0.25) is 0 Å². The molecule has 1 amide bonds. The van der Waals surface area contributed by atoms with Crippen molar-refractivity contribution in [2.75, 3.05) is 5.88 Å². The van der Waals surface area contributed by atoms with Crippen molar-refractivity contribution in [3.05, 3.63) is 29.6 Å². The van der Waals surface area contributed by atoms with Crippen molar-refractivity contribution in [2.45, 2.75) is 31.9 Å². The van der Waals surface area contributed by atoms with E-state index in [1.54, 1.807) is 6.07 Å². The fourth-order valence-corrected chi connectivity index (χ4v) is 2.26. The number of carbonyl (C=O) groups excluding carboxylic acids is 1. The number of nitrogens with one attached hydrogen (secondary N) is 1. The number of ether oxygens (including phenoxy) is 1. The molecule has 5 heteroatoms. The Hall–Kier alpha value is -1.29. The van der Waals surface area contributed by atoms with Crippen molar-refractivity contribution < 1.29 is 13.9 Å². The van der Waals surface area contributed by atoms with Crippen LogP contribution in [0.1, 0.15) is 31.9 Å². The summed E-state index contributed by atoms with van der Waals surface area (Å²) in [5.41, 5.74) is 0.252. The number of halogens is 2. The van der Waals surface area contributed by atoms with Gasteiger partial charge in [0.25, 0.3) is 0 Å². The summed E-state index contributed by atoms with van der Waals surface area (Å²) in [5, 5.41) is 2.79. The summed E-state index contributed by atoms with van der Waals surface area (Å²) in [6.45, 7) is 3.86. The topological polar surface area (TPSA) is 38.3 Å². The van der Waals surface area contributed by atoms with E-state index in [1.165, 1.54) is 12.1 Å². The summed E-state index contributed by atoms with van der Waals surface area (Å²) >= 11 is 5.48. The molecule has 1 atom stereocenters. The second kappa shape index (κ2) is 4.76. The minimum atomic E-state index is -0.408. The molecule has 18 heavy (non-hydrogen) atoms. The van der Waals surface area contributed by atoms with Gasteiger partial charge in [0.1, 0.15) is 23.0 Å². The molecule has 98 valence electrons. The van der Waals surface area contributed by atoms with E-state index in [9.17, 15) is 9.18 Å². The first kappa shape index (κ1) is 13.1. The third-order valence-electron chi connectivity index (χ3n) is 2.89. The number of amides is 1. The Morgan fingerprint density at radius 3 is 3.00 bits per heavy atom. The van der Waals surface area contributed by atoms with E-state index >= 15 is 0 Å². The van der Waals surface area contributed by atoms with E-state index in [0.29, 0.717) is 17.7 Å². The van der Waals surface area contributed by atoms with Crippen molar-refractivity contribution in [1.82, 2.24) is 5.32 Å². The number of alkyl halides is 1. The van der Waals surface area contributed by atoms with Gasteiger partial charge in [0.15, 0.2) is 0 Å². The smallest absolute Gasteiger partial charge is 0.235 e. The third kappa shape index (κ3) is 2.75. The summed E-state index contributed by atoms with van der Waals surface area (Å²) in [7, 11) is 0. The third-order valence-corrected chi connectivity index (χ3v) is 3.13. The zero-order valence-corrected chi connectivity index (χ0v) is 11.1. The molecule has 0 saturated heterocycles.